The molecule has 1 aromatic carbocycles. The van der Waals surface area contributed by atoms with Crippen LogP contribution in [0.2, 0.25) is 0 Å². The van der Waals surface area contributed by atoms with E-state index in [-0.39, 0.29) is 5.56 Å². The van der Waals surface area contributed by atoms with Crippen molar-refractivity contribution in [3.05, 3.63) is 52.3 Å². The quantitative estimate of drug-likeness (QED) is 0.858. The Bertz CT molecular complexity index is 647. The van der Waals surface area contributed by atoms with Crippen LogP contribution in [0.3, 0.4) is 0 Å². The molecule has 4 nitrogen and oxygen atoms in total. The summed E-state index contributed by atoms with van der Waals surface area (Å²) in [6.07, 6.45) is 0. The summed E-state index contributed by atoms with van der Waals surface area (Å²) in [7, 11) is 0. The van der Waals surface area contributed by atoms with Crippen molar-refractivity contribution in [1.29, 1.82) is 0 Å². The number of rotatable bonds is 6. The number of hydrogen-bond acceptors (Lipinski definition) is 3. The minimum absolute atomic E-state index is 0.0533. The summed E-state index contributed by atoms with van der Waals surface area (Å²) < 4.78 is 5.48. The van der Waals surface area contributed by atoms with Crippen molar-refractivity contribution in [2.75, 3.05) is 6.61 Å². The van der Waals surface area contributed by atoms with Gasteiger partial charge in [-0.25, -0.2) is 0 Å². The summed E-state index contributed by atoms with van der Waals surface area (Å²) in [6.45, 7) is 7.26. The standard InChI is InChI=1S/C17H22N2O2/c1-4-21-15-7-5-6-13(10-15)16-9-8-14(17(20)19-16)11-18-12(2)3/h5-10,12,18H,4,11H2,1-3H3,(H,19,20). The molecule has 2 rings (SSSR count). The molecule has 0 amide bonds. The van der Waals surface area contributed by atoms with Gasteiger partial charge in [0, 0.05) is 29.4 Å². The third kappa shape index (κ3) is 4.20. The summed E-state index contributed by atoms with van der Waals surface area (Å²) in [6, 6.07) is 11.9. The van der Waals surface area contributed by atoms with Gasteiger partial charge in [-0.15, -0.1) is 0 Å². The van der Waals surface area contributed by atoms with Gasteiger partial charge in [-0.05, 0) is 25.1 Å². The molecule has 0 bridgehead atoms. The van der Waals surface area contributed by atoms with Crippen molar-refractivity contribution in [1.82, 2.24) is 10.3 Å². The number of aromatic amines is 1. The highest BCUT2D eigenvalue weighted by atomic mass is 16.5. The minimum atomic E-state index is -0.0533. The van der Waals surface area contributed by atoms with Crippen molar-refractivity contribution >= 4 is 0 Å². The summed E-state index contributed by atoms with van der Waals surface area (Å²) in [5, 5.41) is 3.25. The molecule has 0 aliphatic heterocycles. The van der Waals surface area contributed by atoms with E-state index in [2.05, 4.69) is 24.1 Å². The second kappa shape index (κ2) is 7.09. The lowest BCUT2D eigenvalue weighted by atomic mass is 10.1. The molecule has 4 heteroatoms. The summed E-state index contributed by atoms with van der Waals surface area (Å²) in [5.74, 6) is 0.807. The fourth-order valence-corrected chi connectivity index (χ4v) is 2.05. The maximum absolute atomic E-state index is 12.1. The molecule has 21 heavy (non-hydrogen) atoms. The number of ether oxygens (including phenoxy) is 1. The molecule has 112 valence electrons. The van der Waals surface area contributed by atoms with Gasteiger partial charge in [-0.1, -0.05) is 32.0 Å². The van der Waals surface area contributed by atoms with Gasteiger partial charge in [0.05, 0.1) is 6.61 Å². The Balaban J connectivity index is 2.23. The van der Waals surface area contributed by atoms with Crippen LogP contribution < -0.4 is 15.6 Å². The predicted molar refractivity (Wildman–Crippen MR) is 85.6 cm³/mol. The Morgan fingerprint density at radius 3 is 2.71 bits per heavy atom. The number of H-pyrrole nitrogens is 1. The molecule has 2 aromatic rings. The lowest BCUT2D eigenvalue weighted by Crippen LogP contribution is -2.26. The lowest BCUT2D eigenvalue weighted by Gasteiger charge is -2.09. The van der Waals surface area contributed by atoms with Crippen molar-refractivity contribution in [2.45, 2.75) is 33.4 Å². The van der Waals surface area contributed by atoms with Gasteiger partial charge in [0.15, 0.2) is 0 Å². The largest absolute Gasteiger partial charge is 0.494 e. The topological polar surface area (TPSA) is 54.1 Å². The van der Waals surface area contributed by atoms with Gasteiger partial charge in [-0.3, -0.25) is 4.79 Å². The van der Waals surface area contributed by atoms with Gasteiger partial charge < -0.3 is 15.0 Å². The molecule has 0 saturated carbocycles. The molecule has 0 atom stereocenters. The summed E-state index contributed by atoms with van der Waals surface area (Å²) in [4.78, 5) is 15.0. The monoisotopic (exact) mass is 286 g/mol. The fourth-order valence-electron chi connectivity index (χ4n) is 2.05. The zero-order valence-electron chi connectivity index (χ0n) is 12.8. The highest BCUT2D eigenvalue weighted by Crippen LogP contribution is 2.21. The van der Waals surface area contributed by atoms with Crippen LogP contribution in [0, 0.1) is 0 Å². The van der Waals surface area contributed by atoms with Crippen LogP contribution >= 0.6 is 0 Å². The second-order valence-electron chi connectivity index (χ2n) is 5.22. The minimum Gasteiger partial charge on any atom is -0.494 e. The normalized spacial score (nSPS) is 10.9. The first kappa shape index (κ1) is 15.3. The maximum atomic E-state index is 12.1. The molecule has 0 radical (unpaired) electrons. The van der Waals surface area contributed by atoms with Gasteiger partial charge in [0.2, 0.25) is 0 Å². The van der Waals surface area contributed by atoms with E-state index in [0.29, 0.717) is 19.2 Å². The second-order valence-corrected chi connectivity index (χ2v) is 5.22. The fraction of sp³-hybridized carbons (Fsp3) is 0.353. The van der Waals surface area contributed by atoms with Crippen LogP contribution in [-0.2, 0) is 6.54 Å². The van der Waals surface area contributed by atoms with E-state index in [1.165, 1.54) is 0 Å². The van der Waals surface area contributed by atoms with Gasteiger partial charge in [0.25, 0.3) is 5.56 Å². The number of aromatic nitrogens is 1. The number of hydrogen-bond donors (Lipinski definition) is 2. The molecule has 0 saturated heterocycles. The summed E-state index contributed by atoms with van der Waals surface area (Å²) >= 11 is 0. The van der Waals surface area contributed by atoms with Crippen LogP contribution in [0.25, 0.3) is 11.3 Å². The molecule has 1 aromatic heterocycles. The Morgan fingerprint density at radius 2 is 2.05 bits per heavy atom. The molecule has 1 heterocycles. The third-order valence-electron chi connectivity index (χ3n) is 3.15. The van der Waals surface area contributed by atoms with Crippen LogP contribution in [0.1, 0.15) is 26.3 Å². The van der Waals surface area contributed by atoms with Crippen molar-refractivity contribution in [3.63, 3.8) is 0 Å². The lowest BCUT2D eigenvalue weighted by molar-refractivity contribution is 0.340. The SMILES string of the molecule is CCOc1cccc(-c2ccc(CNC(C)C)c(=O)[nH]2)c1. The maximum Gasteiger partial charge on any atom is 0.252 e. The van der Waals surface area contributed by atoms with Crippen LogP contribution in [0.5, 0.6) is 5.75 Å². The third-order valence-corrected chi connectivity index (χ3v) is 3.15. The number of pyridine rings is 1. The number of nitrogens with one attached hydrogen (secondary N) is 2. The Labute approximate surface area is 125 Å². The molecule has 0 fully saturated rings. The van der Waals surface area contributed by atoms with Crippen molar-refractivity contribution in [3.8, 4) is 17.0 Å². The van der Waals surface area contributed by atoms with Crippen molar-refractivity contribution in [2.24, 2.45) is 0 Å². The first-order valence-electron chi connectivity index (χ1n) is 7.29. The van der Waals surface area contributed by atoms with E-state index in [9.17, 15) is 4.79 Å². The Morgan fingerprint density at radius 1 is 1.24 bits per heavy atom. The Hall–Kier alpha value is -2.07. The average Bonchev–Trinajstić information content (AvgIpc) is 2.46. The summed E-state index contributed by atoms with van der Waals surface area (Å²) in [5.41, 5.74) is 2.44. The van der Waals surface area contributed by atoms with E-state index in [0.717, 1.165) is 22.6 Å². The van der Waals surface area contributed by atoms with Crippen LogP contribution in [0.15, 0.2) is 41.2 Å². The van der Waals surface area contributed by atoms with E-state index in [4.69, 9.17) is 4.74 Å². The van der Waals surface area contributed by atoms with E-state index in [1.807, 2.05) is 43.3 Å². The molecular formula is C17H22N2O2. The molecular weight excluding hydrogens is 264 g/mol. The number of benzene rings is 1. The van der Waals surface area contributed by atoms with Gasteiger partial charge >= 0.3 is 0 Å². The van der Waals surface area contributed by atoms with Gasteiger partial charge in [-0.2, -0.15) is 0 Å². The van der Waals surface area contributed by atoms with Crippen LogP contribution in [0.4, 0.5) is 0 Å². The van der Waals surface area contributed by atoms with Crippen molar-refractivity contribution < 1.29 is 4.74 Å². The van der Waals surface area contributed by atoms with E-state index >= 15 is 0 Å². The first-order valence-corrected chi connectivity index (χ1v) is 7.29. The van der Waals surface area contributed by atoms with Crippen LogP contribution in [-0.4, -0.2) is 17.6 Å². The van der Waals surface area contributed by atoms with Gasteiger partial charge in [0.1, 0.15) is 5.75 Å². The zero-order valence-corrected chi connectivity index (χ0v) is 12.8. The molecule has 0 unspecified atom stereocenters. The molecule has 0 spiro atoms. The highest BCUT2D eigenvalue weighted by Gasteiger charge is 2.05. The van der Waals surface area contributed by atoms with E-state index < -0.39 is 0 Å². The molecule has 0 aliphatic carbocycles. The Kier molecular flexibility index (Phi) is 5.17. The predicted octanol–water partition coefficient (Wildman–Crippen LogP) is 2.94. The molecule has 0 aliphatic rings. The van der Waals surface area contributed by atoms with E-state index in [1.54, 1.807) is 0 Å². The zero-order chi connectivity index (χ0) is 15.2. The molecule has 2 N–H and O–H groups in total. The first-order chi connectivity index (χ1) is 10.1. The smallest absolute Gasteiger partial charge is 0.252 e. The average molecular weight is 286 g/mol. The highest BCUT2D eigenvalue weighted by molar-refractivity contribution is 5.61.